The van der Waals surface area contributed by atoms with Gasteiger partial charge in [-0.3, -0.25) is 4.79 Å². The van der Waals surface area contributed by atoms with Gasteiger partial charge in [-0.25, -0.2) is 0 Å². The first-order chi connectivity index (χ1) is 11.8. The Hall–Kier alpha value is -2.17. The Morgan fingerprint density at radius 3 is 2.48 bits per heavy atom. The summed E-state index contributed by atoms with van der Waals surface area (Å²) >= 11 is 0. The molecule has 5 heteroatoms. The van der Waals surface area contributed by atoms with E-state index in [1.54, 1.807) is 0 Å². The van der Waals surface area contributed by atoms with Crippen molar-refractivity contribution in [3.05, 3.63) is 47.6 Å². The highest BCUT2D eigenvalue weighted by Gasteiger charge is 2.28. The fraction of sp³-hybridized carbons (Fsp3) is 0.550. The van der Waals surface area contributed by atoms with Gasteiger partial charge in [-0.05, 0) is 18.9 Å². The van der Waals surface area contributed by atoms with Crippen molar-refractivity contribution < 1.29 is 9.32 Å². The Kier molecular flexibility index (Phi) is 6.34. The molecule has 1 amide bonds. The molecule has 1 N–H and O–H groups in total. The second kappa shape index (κ2) is 8.28. The molecule has 0 bridgehead atoms. The van der Waals surface area contributed by atoms with Crippen molar-refractivity contribution in [3.63, 3.8) is 0 Å². The Morgan fingerprint density at radius 2 is 1.88 bits per heavy atom. The van der Waals surface area contributed by atoms with Crippen molar-refractivity contribution in [2.24, 2.45) is 0 Å². The molecule has 0 saturated heterocycles. The van der Waals surface area contributed by atoms with Crippen molar-refractivity contribution >= 4 is 5.91 Å². The van der Waals surface area contributed by atoms with Crippen LogP contribution in [-0.4, -0.2) is 22.1 Å². The van der Waals surface area contributed by atoms with Crippen molar-refractivity contribution in [1.29, 1.82) is 0 Å². The first-order valence-corrected chi connectivity index (χ1v) is 8.98. The molecule has 1 heterocycles. The van der Waals surface area contributed by atoms with Gasteiger partial charge in [0.1, 0.15) is 0 Å². The first-order valence-electron chi connectivity index (χ1n) is 8.98. The summed E-state index contributed by atoms with van der Waals surface area (Å²) in [4.78, 5) is 16.6. The summed E-state index contributed by atoms with van der Waals surface area (Å²) in [5.41, 5.74) is 1.09. The molecule has 0 spiro atoms. The van der Waals surface area contributed by atoms with Crippen molar-refractivity contribution in [2.75, 3.05) is 0 Å². The number of amides is 1. The Labute approximate surface area is 150 Å². The maximum Gasteiger partial charge on any atom is 0.226 e. The molecular weight excluding hydrogens is 314 g/mol. The van der Waals surface area contributed by atoms with E-state index < -0.39 is 0 Å². The zero-order valence-corrected chi connectivity index (χ0v) is 15.9. The number of hydrogen-bond donors (Lipinski definition) is 1. The standard InChI is InChI=1S/C20H29N3O2/c1-14(2)19-22-18(25-23-19)13-9-12-17(24)21-15(3)20(4,5)16-10-7-6-8-11-16/h6-8,10-11,14-15H,9,12-13H2,1-5H3,(H,21,24). The molecule has 2 rings (SSSR count). The fourth-order valence-corrected chi connectivity index (χ4v) is 2.62. The zero-order valence-electron chi connectivity index (χ0n) is 15.9. The number of hydrogen-bond acceptors (Lipinski definition) is 4. The molecular formula is C20H29N3O2. The topological polar surface area (TPSA) is 68.0 Å². The molecule has 0 fully saturated rings. The third-order valence-corrected chi connectivity index (χ3v) is 4.77. The smallest absolute Gasteiger partial charge is 0.226 e. The molecule has 5 nitrogen and oxygen atoms in total. The minimum absolute atomic E-state index is 0.0401. The van der Waals surface area contributed by atoms with E-state index in [0.29, 0.717) is 25.2 Å². The number of carbonyl (C=O) groups is 1. The molecule has 0 saturated carbocycles. The van der Waals surface area contributed by atoms with Crippen LogP contribution in [0.2, 0.25) is 0 Å². The van der Waals surface area contributed by atoms with E-state index in [2.05, 4.69) is 48.4 Å². The van der Waals surface area contributed by atoms with Crippen LogP contribution in [-0.2, 0) is 16.6 Å². The van der Waals surface area contributed by atoms with Crippen LogP contribution in [0.25, 0.3) is 0 Å². The molecule has 25 heavy (non-hydrogen) atoms. The van der Waals surface area contributed by atoms with Gasteiger partial charge in [-0.15, -0.1) is 0 Å². The van der Waals surface area contributed by atoms with Crippen LogP contribution in [0.4, 0.5) is 0 Å². The normalized spacial score (nSPS) is 13.0. The van der Waals surface area contributed by atoms with Crippen LogP contribution >= 0.6 is 0 Å². The molecule has 0 radical (unpaired) electrons. The van der Waals surface area contributed by atoms with Crippen LogP contribution < -0.4 is 5.32 Å². The SMILES string of the molecule is CC(C)c1noc(CCCC(=O)NC(C)C(C)(C)c2ccccc2)n1. The Balaban J connectivity index is 1.81. The quantitative estimate of drug-likeness (QED) is 0.786. The third-order valence-electron chi connectivity index (χ3n) is 4.77. The summed E-state index contributed by atoms with van der Waals surface area (Å²) in [5.74, 6) is 1.63. The molecule has 1 aromatic carbocycles. The monoisotopic (exact) mass is 343 g/mol. The maximum atomic E-state index is 12.3. The van der Waals surface area contributed by atoms with Gasteiger partial charge in [0.05, 0.1) is 0 Å². The number of aryl methyl sites for hydroxylation is 1. The van der Waals surface area contributed by atoms with Crippen LogP contribution in [0.3, 0.4) is 0 Å². The lowest BCUT2D eigenvalue weighted by Gasteiger charge is -2.33. The van der Waals surface area contributed by atoms with Gasteiger partial charge in [0.25, 0.3) is 0 Å². The highest BCUT2D eigenvalue weighted by molar-refractivity contribution is 5.76. The summed E-state index contributed by atoms with van der Waals surface area (Å²) < 4.78 is 5.21. The van der Waals surface area contributed by atoms with E-state index in [-0.39, 0.29) is 23.3 Å². The molecule has 0 aliphatic heterocycles. The van der Waals surface area contributed by atoms with Gasteiger partial charge in [0, 0.05) is 30.2 Å². The van der Waals surface area contributed by atoms with E-state index in [9.17, 15) is 4.79 Å². The number of benzene rings is 1. The van der Waals surface area contributed by atoms with E-state index in [1.165, 1.54) is 5.56 Å². The van der Waals surface area contributed by atoms with E-state index >= 15 is 0 Å². The van der Waals surface area contributed by atoms with Gasteiger partial charge in [0.15, 0.2) is 5.82 Å². The lowest BCUT2D eigenvalue weighted by molar-refractivity contribution is -0.122. The molecule has 0 aliphatic carbocycles. The van der Waals surface area contributed by atoms with E-state index in [0.717, 1.165) is 5.82 Å². The molecule has 1 aromatic heterocycles. The van der Waals surface area contributed by atoms with Crippen molar-refractivity contribution in [1.82, 2.24) is 15.5 Å². The van der Waals surface area contributed by atoms with E-state index in [4.69, 9.17) is 4.52 Å². The highest BCUT2D eigenvalue weighted by atomic mass is 16.5. The van der Waals surface area contributed by atoms with Crippen LogP contribution in [0.5, 0.6) is 0 Å². The molecule has 1 unspecified atom stereocenters. The van der Waals surface area contributed by atoms with Crippen molar-refractivity contribution in [2.45, 2.75) is 71.3 Å². The Morgan fingerprint density at radius 1 is 1.20 bits per heavy atom. The number of aromatic nitrogens is 2. The van der Waals surface area contributed by atoms with Crippen LogP contribution in [0.1, 0.15) is 70.7 Å². The number of rotatable bonds is 8. The van der Waals surface area contributed by atoms with Gasteiger partial charge < -0.3 is 9.84 Å². The van der Waals surface area contributed by atoms with Crippen LogP contribution in [0, 0.1) is 0 Å². The molecule has 1 atom stereocenters. The average molecular weight is 343 g/mol. The lowest BCUT2D eigenvalue weighted by atomic mass is 9.78. The minimum Gasteiger partial charge on any atom is -0.353 e. The zero-order chi connectivity index (χ0) is 18.4. The van der Waals surface area contributed by atoms with Crippen molar-refractivity contribution in [3.8, 4) is 0 Å². The van der Waals surface area contributed by atoms with Gasteiger partial charge in [-0.2, -0.15) is 4.98 Å². The summed E-state index contributed by atoms with van der Waals surface area (Å²) in [6.45, 7) is 10.4. The highest BCUT2D eigenvalue weighted by Crippen LogP contribution is 2.26. The maximum absolute atomic E-state index is 12.3. The minimum atomic E-state index is -0.129. The van der Waals surface area contributed by atoms with E-state index in [1.807, 2.05) is 32.0 Å². The Bertz CT molecular complexity index is 677. The van der Waals surface area contributed by atoms with Gasteiger partial charge in [0.2, 0.25) is 11.8 Å². The first kappa shape index (κ1) is 19.2. The number of nitrogens with one attached hydrogen (secondary N) is 1. The second-order valence-electron chi connectivity index (χ2n) is 7.43. The predicted octanol–water partition coefficient (Wildman–Crippen LogP) is 4.00. The fourth-order valence-electron chi connectivity index (χ4n) is 2.62. The summed E-state index contributed by atoms with van der Waals surface area (Å²) in [7, 11) is 0. The molecule has 136 valence electrons. The summed E-state index contributed by atoms with van der Waals surface area (Å²) in [6.07, 6.45) is 1.78. The average Bonchev–Trinajstić information content (AvgIpc) is 3.04. The predicted molar refractivity (Wildman–Crippen MR) is 98.4 cm³/mol. The number of carbonyl (C=O) groups excluding carboxylic acids is 1. The molecule has 2 aromatic rings. The summed E-state index contributed by atoms with van der Waals surface area (Å²) in [5, 5.41) is 7.06. The van der Waals surface area contributed by atoms with Crippen LogP contribution in [0.15, 0.2) is 34.9 Å². The van der Waals surface area contributed by atoms with Gasteiger partial charge >= 0.3 is 0 Å². The lowest BCUT2D eigenvalue weighted by Crippen LogP contribution is -2.45. The number of nitrogens with zero attached hydrogens (tertiary/aromatic N) is 2. The van der Waals surface area contributed by atoms with Gasteiger partial charge in [-0.1, -0.05) is 63.2 Å². The third kappa shape index (κ3) is 5.15. The second-order valence-corrected chi connectivity index (χ2v) is 7.43. The summed E-state index contributed by atoms with van der Waals surface area (Å²) in [6, 6.07) is 10.3. The largest absolute Gasteiger partial charge is 0.353 e. The molecule has 0 aliphatic rings.